The molecule has 0 aromatic heterocycles. The van der Waals surface area contributed by atoms with Crippen molar-refractivity contribution in [1.29, 1.82) is 0 Å². The maximum atomic E-state index is 12.1. The van der Waals surface area contributed by atoms with Crippen LogP contribution in [0.15, 0.2) is 24.3 Å². The summed E-state index contributed by atoms with van der Waals surface area (Å²) in [4.78, 5) is 59.1. The average Bonchev–Trinajstić information content (AvgIpc) is 2.77. The first-order valence-corrected chi connectivity index (χ1v) is 7.56. The monoisotopic (exact) mass is 348 g/mol. The number of amides is 5. The van der Waals surface area contributed by atoms with Gasteiger partial charge >= 0.3 is 17.8 Å². The Hall–Kier alpha value is -3.30. The highest BCUT2D eigenvalue weighted by atomic mass is 16.6. The molecule has 1 fully saturated rings. The first kappa shape index (κ1) is 18.0. The number of nitrogens with one attached hydrogen (secondary N) is 1. The smallest absolute Gasteiger partial charge is 0.325 e. The fourth-order valence-corrected chi connectivity index (χ4v) is 2.21. The molecule has 0 atom stereocenters. The number of carbonyl (C=O) groups is 4. The number of benzene rings is 1. The lowest BCUT2D eigenvalue weighted by Crippen LogP contribution is -2.39. The molecule has 132 valence electrons. The second-order valence-corrected chi connectivity index (χ2v) is 5.34. The van der Waals surface area contributed by atoms with Gasteiger partial charge in [0.05, 0.1) is 4.92 Å². The molecule has 1 saturated heterocycles. The lowest BCUT2D eigenvalue weighted by atomic mass is 10.3. The van der Waals surface area contributed by atoms with Gasteiger partial charge in [0, 0.05) is 24.4 Å². The number of carbonyl (C=O) groups excluding carboxylic acids is 4. The van der Waals surface area contributed by atoms with E-state index >= 15 is 0 Å². The van der Waals surface area contributed by atoms with E-state index in [-0.39, 0.29) is 17.9 Å². The normalized spacial score (nSPS) is 14.2. The maximum Gasteiger partial charge on any atom is 0.334 e. The van der Waals surface area contributed by atoms with Crippen LogP contribution in [0.5, 0.6) is 0 Å². The maximum absolute atomic E-state index is 12.1. The van der Waals surface area contributed by atoms with Crippen molar-refractivity contribution < 1.29 is 24.1 Å². The SMILES string of the molecule is CCCCN1C(=O)C(=O)N(CC(=O)Nc2ccc([N+](=O)[O-])cc2)C1=O. The van der Waals surface area contributed by atoms with Crippen LogP contribution in [0.4, 0.5) is 16.2 Å². The summed E-state index contributed by atoms with van der Waals surface area (Å²) in [5, 5.41) is 13.0. The van der Waals surface area contributed by atoms with Crippen LogP contribution in [0.2, 0.25) is 0 Å². The Morgan fingerprint density at radius 2 is 1.72 bits per heavy atom. The Kier molecular flexibility index (Phi) is 5.42. The molecule has 0 spiro atoms. The third-order valence-electron chi connectivity index (χ3n) is 3.53. The predicted octanol–water partition coefficient (Wildman–Crippen LogP) is 1.12. The summed E-state index contributed by atoms with van der Waals surface area (Å²) < 4.78 is 0. The van der Waals surface area contributed by atoms with Gasteiger partial charge in [-0.1, -0.05) is 13.3 Å². The first-order valence-electron chi connectivity index (χ1n) is 7.56. The Balaban J connectivity index is 2.00. The van der Waals surface area contributed by atoms with Crippen LogP contribution in [0.3, 0.4) is 0 Å². The summed E-state index contributed by atoms with van der Waals surface area (Å²) in [5.74, 6) is -2.68. The quantitative estimate of drug-likeness (QED) is 0.340. The van der Waals surface area contributed by atoms with Crippen LogP contribution in [0.25, 0.3) is 0 Å². The topological polar surface area (TPSA) is 130 Å². The van der Waals surface area contributed by atoms with Gasteiger partial charge in [-0.3, -0.25) is 29.4 Å². The molecule has 0 unspecified atom stereocenters. The van der Waals surface area contributed by atoms with Gasteiger partial charge in [-0.2, -0.15) is 0 Å². The number of imide groups is 2. The van der Waals surface area contributed by atoms with Crippen molar-refractivity contribution in [2.45, 2.75) is 19.8 Å². The van der Waals surface area contributed by atoms with Gasteiger partial charge in [0.2, 0.25) is 5.91 Å². The van der Waals surface area contributed by atoms with Crippen LogP contribution in [0.1, 0.15) is 19.8 Å². The Morgan fingerprint density at radius 1 is 1.12 bits per heavy atom. The standard InChI is InChI=1S/C15H16N4O6/c1-2-3-8-17-13(21)14(22)18(15(17)23)9-12(20)16-10-4-6-11(7-5-10)19(24)25/h4-7H,2-3,8-9H2,1H3,(H,16,20). The molecule has 2 rings (SSSR count). The second kappa shape index (κ2) is 7.51. The minimum Gasteiger partial charge on any atom is -0.325 e. The number of rotatable bonds is 7. The molecule has 1 heterocycles. The van der Waals surface area contributed by atoms with E-state index in [2.05, 4.69) is 5.32 Å². The molecule has 10 nitrogen and oxygen atoms in total. The van der Waals surface area contributed by atoms with E-state index in [0.29, 0.717) is 11.3 Å². The second-order valence-electron chi connectivity index (χ2n) is 5.34. The van der Waals surface area contributed by atoms with Gasteiger partial charge in [-0.25, -0.2) is 9.69 Å². The first-order chi connectivity index (χ1) is 11.8. The van der Waals surface area contributed by atoms with E-state index in [1.807, 2.05) is 6.92 Å². The summed E-state index contributed by atoms with van der Waals surface area (Å²) in [5.41, 5.74) is 0.129. The number of hydrogen-bond acceptors (Lipinski definition) is 6. The highest BCUT2D eigenvalue weighted by Crippen LogP contribution is 2.16. The fraction of sp³-hybridized carbons (Fsp3) is 0.333. The molecule has 1 aromatic carbocycles. The van der Waals surface area contributed by atoms with Crippen LogP contribution >= 0.6 is 0 Å². The molecule has 0 bridgehead atoms. The molecular formula is C15H16N4O6. The molecule has 1 N–H and O–H groups in total. The van der Waals surface area contributed by atoms with Crippen molar-refractivity contribution in [1.82, 2.24) is 9.80 Å². The largest absolute Gasteiger partial charge is 0.334 e. The Labute approximate surface area is 142 Å². The molecule has 5 amide bonds. The van der Waals surface area contributed by atoms with E-state index < -0.39 is 35.2 Å². The van der Waals surface area contributed by atoms with Gasteiger partial charge in [-0.05, 0) is 18.6 Å². The van der Waals surface area contributed by atoms with E-state index in [0.717, 1.165) is 11.3 Å². The summed E-state index contributed by atoms with van der Waals surface area (Å²) in [6, 6.07) is 4.24. The van der Waals surface area contributed by atoms with E-state index in [4.69, 9.17) is 0 Å². The molecule has 0 aliphatic carbocycles. The summed E-state index contributed by atoms with van der Waals surface area (Å²) in [7, 11) is 0. The average molecular weight is 348 g/mol. The Morgan fingerprint density at radius 3 is 2.28 bits per heavy atom. The molecule has 1 aromatic rings. The fourth-order valence-electron chi connectivity index (χ4n) is 2.21. The van der Waals surface area contributed by atoms with E-state index in [9.17, 15) is 29.3 Å². The number of urea groups is 1. The van der Waals surface area contributed by atoms with Gasteiger partial charge in [0.25, 0.3) is 5.69 Å². The van der Waals surface area contributed by atoms with E-state index in [1.165, 1.54) is 24.3 Å². The number of nitrogens with zero attached hydrogens (tertiary/aromatic N) is 3. The zero-order valence-corrected chi connectivity index (χ0v) is 13.4. The molecule has 1 aliphatic heterocycles. The minimum absolute atomic E-state index is 0.125. The van der Waals surface area contributed by atoms with Crippen molar-refractivity contribution in [3.63, 3.8) is 0 Å². The van der Waals surface area contributed by atoms with Crippen molar-refractivity contribution in [2.75, 3.05) is 18.4 Å². The molecule has 10 heteroatoms. The zero-order valence-electron chi connectivity index (χ0n) is 13.4. The Bertz CT molecular complexity index is 730. The number of non-ortho nitro benzene ring substituents is 1. The van der Waals surface area contributed by atoms with Gasteiger partial charge < -0.3 is 5.32 Å². The number of nitro benzene ring substituents is 1. The van der Waals surface area contributed by atoms with Crippen molar-refractivity contribution >= 4 is 35.1 Å². The third kappa shape index (κ3) is 3.97. The minimum atomic E-state index is -1.04. The molecule has 1 aliphatic rings. The van der Waals surface area contributed by atoms with Crippen LogP contribution < -0.4 is 5.32 Å². The van der Waals surface area contributed by atoms with E-state index in [1.54, 1.807) is 0 Å². The summed E-state index contributed by atoms with van der Waals surface area (Å²) in [6.45, 7) is 1.39. The number of hydrogen-bond donors (Lipinski definition) is 1. The lowest BCUT2D eigenvalue weighted by molar-refractivity contribution is -0.384. The zero-order chi connectivity index (χ0) is 18.6. The predicted molar refractivity (Wildman–Crippen MR) is 85.5 cm³/mol. The number of unbranched alkanes of at least 4 members (excludes halogenated alkanes) is 1. The van der Waals surface area contributed by atoms with Gasteiger partial charge in [0.15, 0.2) is 0 Å². The van der Waals surface area contributed by atoms with Crippen molar-refractivity contribution in [3.8, 4) is 0 Å². The molecule has 0 saturated carbocycles. The number of nitro groups is 1. The molecular weight excluding hydrogens is 332 g/mol. The lowest BCUT2D eigenvalue weighted by Gasteiger charge is -2.15. The molecule has 25 heavy (non-hydrogen) atoms. The highest BCUT2D eigenvalue weighted by Gasteiger charge is 2.44. The van der Waals surface area contributed by atoms with Crippen LogP contribution in [-0.4, -0.2) is 51.6 Å². The number of anilines is 1. The van der Waals surface area contributed by atoms with Crippen LogP contribution in [0, 0.1) is 10.1 Å². The molecule has 0 radical (unpaired) electrons. The van der Waals surface area contributed by atoms with Crippen LogP contribution in [-0.2, 0) is 14.4 Å². The van der Waals surface area contributed by atoms with Gasteiger partial charge in [0.1, 0.15) is 6.54 Å². The highest BCUT2D eigenvalue weighted by molar-refractivity contribution is 6.45. The summed E-state index contributed by atoms with van der Waals surface area (Å²) in [6.07, 6.45) is 1.31. The van der Waals surface area contributed by atoms with Gasteiger partial charge in [-0.15, -0.1) is 0 Å². The van der Waals surface area contributed by atoms with Crippen molar-refractivity contribution in [3.05, 3.63) is 34.4 Å². The third-order valence-corrected chi connectivity index (χ3v) is 3.53. The van der Waals surface area contributed by atoms with Crippen molar-refractivity contribution in [2.24, 2.45) is 0 Å². The summed E-state index contributed by atoms with van der Waals surface area (Å²) >= 11 is 0.